The van der Waals surface area contributed by atoms with Crippen LogP contribution in [-0.4, -0.2) is 40.5 Å². The maximum Gasteiger partial charge on any atom is 0.270 e. The first kappa shape index (κ1) is 15.4. The lowest BCUT2D eigenvalue weighted by atomic mass is 10.1. The zero-order chi connectivity index (χ0) is 14.4. The topological polar surface area (TPSA) is 83.7 Å². The number of nitro benzene ring substituents is 1. The van der Waals surface area contributed by atoms with E-state index in [1.807, 2.05) is 6.92 Å². The number of nitrogens with zero attached hydrogens (tertiary/aromatic N) is 2. The zero-order valence-corrected chi connectivity index (χ0v) is 11.3. The molecule has 0 aliphatic rings. The van der Waals surface area contributed by atoms with Crippen molar-refractivity contribution in [1.29, 1.82) is 0 Å². The summed E-state index contributed by atoms with van der Waals surface area (Å²) in [4.78, 5) is 23.7. The van der Waals surface area contributed by atoms with Crippen LogP contribution < -0.4 is 0 Å². The van der Waals surface area contributed by atoms with Crippen molar-refractivity contribution >= 4 is 23.2 Å². The van der Waals surface area contributed by atoms with Crippen LogP contribution in [0.1, 0.15) is 23.7 Å². The van der Waals surface area contributed by atoms with Crippen molar-refractivity contribution in [3.8, 4) is 0 Å². The first-order chi connectivity index (χ1) is 9.01. The van der Waals surface area contributed by atoms with Crippen LogP contribution in [0, 0.1) is 10.1 Å². The van der Waals surface area contributed by atoms with Crippen LogP contribution in [0.25, 0.3) is 0 Å². The van der Waals surface area contributed by atoms with Gasteiger partial charge in [-0.05, 0) is 19.4 Å². The third kappa shape index (κ3) is 3.90. The number of carbonyl (C=O) groups excluding carboxylic acids is 1. The fraction of sp³-hybridized carbons (Fsp3) is 0.417. The summed E-state index contributed by atoms with van der Waals surface area (Å²) in [6.45, 7) is 2.71. The van der Waals surface area contributed by atoms with Gasteiger partial charge in [-0.15, -0.1) is 0 Å². The summed E-state index contributed by atoms with van der Waals surface area (Å²) in [5.74, 6) is -0.296. The molecule has 19 heavy (non-hydrogen) atoms. The highest BCUT2D eigenvalue weighted by molar-refractivity contribution is 6.34. The number of halogens is 1. The van der Waals surface area contributed by atoms with Crippen molar-refractivity contribution in [3.05, 3.63) is 38.9 Å². The van der Waals surface area contributed by atoms with Crippen LogP contribution in [0.4, 0.5) is 5.69 Å². The molecule has 104 valence electrons. The number of benzene rings is 1. The highest BCUT2D eigenvalue weighted by atomic mass is 35.5. The first-order valence-corrected chi connectivity index (χ1v) is 6.23. The maximum absolute atomic E-state index is 12.2. The summed E-state index contributed by atoms with van der Waals surface area (Å²) in [7, 11) is 0. The SMILES string of the molecule is CCN(CCCO)C(=O)c1ccc([N+](=O)[O-])cc1Cl. The molecule has 6 nitrogen and oxygen atoms in total. The lowest BCUT2D eigenvalue weighted by Crippen LogP contribution is -2.32. The molecule has 0 atom stereocenters. The molecule has 0 spiro atoms. The standard InChI is InChI=1S/C12H15ClN2O4/c1-2-14(6-3-7-16)12(17)10-5-4-9(15(18)19)8-11(10)13/h4-5,8,16H,2-3,6-7H2,1H3. The van der Waals surface area contributed by atoms with Crippen LogP contribution in [0.3, 0.4) is 0 Å². The smallest absolute Gasteiger partial charge is 0.270 e. The highest BCUT2D eigenvalue weighted by Gasteiger charge is 2.19. The zero-order valence-electron chi connectivity index (χ0n) is 10.5. The molecule has 0 aliphatic carbocycles. The van der Waals surface area contributed by atoms with E-state index in [1.54, 1.807) is 0 Å². The second kappa shape index (κ2) is 7.06. The number of carbonyl (C=O) groups is 1. The Balaban J connectivity index is 2.95. The van der Waals surface area contributed by atoms with E-state index in [9.17, 15) is 14.9 Å². The van der Waals surface area contributed by atoms with Gasteiger partial charge in [-0.25, -0.2) is 0 Å². The van der Waals surface area contributed by atoms with Crippen molar-refractivity contribution in [2.75, 3.05) is 19.7 Å². The third-order valence-electron chi connectivity index (χ3n) is 2.65. The van der Waals surface area contributed by atoms with Crippen molar-refractivity contribution < 1.29 is 14.8 Å². The molecule has 0 bridgehead atoms. The van der Waals surface area contributed by atoms with Crippen molar-refractivity contribution in [2.45, 2.75) is 13.3 Å². The summed E-state index contributed by atoms with van der Waals surface area (Å²) in [5, 5.41) is 19.4. The second-order valence-corrected chi connectivity index (χ2v) is 4.29. The summed E-state index contributed by atoms with van der Waals surface area (Å²) >= 11 is 5.90. The molecule has 1 rings (SSSR count). The van der Waals surface area contributed by atoms with Crippen LogP contribution in [0.5, 0.6) is 0 Å². The molecule has 0 heterocycles. The summed E-state index contributed by atoms with van der Waals surface area (Å²) in [6.07, 6.45) is 0.476. The van der Waals surface area contributed by atoms with Gasteiger partial charge in [-0.1, -0.05) is 11.6 Å². The Hall–Kier alpha value is -1.66. The van der Waals surface area contributed by atoms with E-state index in [-0.39, 0.29) is 28.8 Å². The fourth-order valence-electron chi connectivity index (χ4n) is 1.63. The van der Waals surface area contributed by atoms with E-state index in [0.717, 1.165) is 6.07 Å². The molecule has 1 aromatic carbocycles. The van der Waals surface area contributed by atoms with Gasteiger partial charge >= 0.3 is 0 Å². The van der Waals surface area contributed by atoms with E-state index >= 15 is 0 Å². The van der Waals surface area contributed by atoms with Crippen molar-refractivity contribution in [2.24, 2.45) is 0 Å². The number of hydrogen-bond donors (Lipinski definition) is 1. The van der Waals surface area contributed by atoms with Crippen molar-refractivity contribution in [3.63, 3.8) is 0 Å². The van der Waals surface area contributed by atoms with Crippen LogP contribution >= 0.6 is 11.6 Å². The summed E-state index contributed by atoms with van der Waals surface area (Å²) in [6, 6.07) is 3.76. The molecule has 1 aromatic rings. The Labute approximate surface area is 115 Å². The number of aliphatic hydroxyl groups excluding tert-OH is 1. The van der Waals surface area contributed by atoms with Crippen LogP contribution in [0.2, 0.25) is 5.02 Å². The van der Waals surface area contributed by atoms with Crippen LogP contribution in [-0.2, 0) is 0 Å². The summed E-state index contributed by atoms with van der Waals surface area (Å²) in [5.41, 5.74) is 0.0759. The Morgan fingerprint density at radius 2 is 2.21 bits per heavy atom. The summed E-state index contributed by atoms with van der Waals surface area (Å²) < 4.78 is 0. The molecular weight excluding hydrogens is 272 g/mol. The minimum absolute atomic E-state index is 0.00221. The van der Waals surface area contributed by atoms with E-state index in [0.29, 0.717) is 19.5 Å². The molecule has 0 fully saturated rings. The molecule has 0 aromatic heterocycles. The number of amides is 1. The van der Waals surface area contributed by atoms with Crippen molar-refractivity contribution in [1.82, 2.24) is 4.90 Å². The van der Waals surface area contributed by atoms with Gasteiger partial charge in [0.25, 0.3) is 11.6 Å². The average molecular weight is 287 g/mol. The molecule has 1 N–H and O–H groups in total. The van der Waals surface area contributed by atoms with E-state index < -0.39 is 4.92 Å². The number of non-ortho nitro benzene ring substituents is 1. The number of hydrogen-bond acceptors (Lipinski definition) is 4. The van der Waals surface area contributed by atoms with Crippen LogP contribution in [0.15, 0.2) is 18.2 Å². The lowest BCUT2D eigenvalue weighted by molar-refractivity contribution is -0.384. The predicted molar refractivity (Wildman–Crippen MR) is 71.4 cm³/mol. The van der Waals surface area contributed by atoms with E-state index in [1.165, 1.54) is 17.0 Å². The molecule has 0 aliphatic heterocycles. The Morgan fingerprint density at radius 1 is 1.53 bits per heavy atom. The minimum Gasteiger partial charge on any atom is -0.396 e. The molecule has 0 saturated carbocycles. The monoisotopic (exact) mass is 286 g/mol. The molecule has 0 unspecified atom stereocenters. The predicted octanol–water partition coefficient (Wildman–Crippen LogP) is 2.09. The number of aliphatic hydroxyl groups is 1. The number of nitro groups is 1. The first-order valence-electron chi connectivity index (χ1n) is 5.85. The van der Waals surface area contributed by atoms with Gasteiger partial charge in [0.05, 0.1) is 15.5 Å². The average Bonchev–Trinajstić information content (AvgIpc) is 2.39. The second-order valence-electron chi connectivity index (χ2n) is 3.88. The normalized spacial score (nSPS) is 10.3. The molecular formula is C12H15ClN2O4. The molecule has 7 heteroatoms. The van der Waals surface area contributed by atoms with Gasteiger partial charge in [0.1, 0.15) is 0 Å². The van der Waals surface area contributed by atoms with Gasteiger partial charge in [0.2, 0.25) is 0 Å². The number of rotatable bonds is 6. The fourth-order valence-corrected chi connectivity index (χ4v) is 1.88. The molecule has 0 saturated heterocycles. The largest absolute Gasteiger partial charge is 0.396 e. The van der Waals surface area contributed by atoms with Gasteiger partial charge in [-0.2, -0.15) is 0 Å². The van der Waals surface area contributed by atoms with Gasteiger partial charge in [0.15, 0.2) is 0 Å². The Morgan fingerprint density at radius 3 is 2.68 bits per heavy atom. The van der Waals surface area contributed by atoms with E-state index in [2.05, 4.69) is 0 Å². The Kier molecular flexibility index (Phi) is 5.72. The minimum atomic E-state index is -0.566. The molecule has 1 amide bonds. The van der Waals surface area contributed by atoms with E-state index in [4.69, 9.17) is 16.7 Å². The van der Waals surface area contributed by atoms with Gasteiger partial charge < -0.3 is 10.0 Å². The highest BCUT2D eigenvalue weighted by Crippen LogP contribution is 2.23. The lowest BCUT2D eigenvalue weighted by Gasteiger charge is -2.20. The Bertz CT molecular complexity index is 479. The maximum atomic E-state index is 12.2. The molecule has 0 radical (unpaired) electrons. The van der Waals surface area contributed by atoms with Gasteiger partial charge in [-0.3, -0.25) is 14.9 Å². The third-order valence-corrected chi connectivity index (χ3v) is 2.96. The quantitative estimate of drug-likeness (QED) is 0.641. The van der Waals surface area contributed by atoms with Gasteiger partial charge in [0, 0.05) is 31.8 Å².